The molecule has 1 aromatic rings. The first kappa shape index (κ1) is 10.5. The lowest BCUT2D eigenvalue weighted by atomic mass is 10.3. The van der Waals surface area contributed by atoms with Gasteiger partial charge in [-0.1, -0.05) is 19.1 Å². The van der Waals surface area contributed by atoms with Gasteiger partial charge < -0.3 is 4.90 Å². The lowest BCUT2D eigenvalue weighted by Crippen LogP contribution is -2.09. The van der Waals surface area contributed by atoms with Crippen molar-refractivity contribution in [1.82, 2.24) is 0 Å². The summed E-state index contributed by atoms with van der Waals surface area (Å²) in [6.07, 6.45) is 1.23. The highest BCUT2D eigenvalue weighted by Gasteiger charge is 2.02. The van der Waals surface area contributed by atoms with Crippen LogP contribution in [0.3, 0.4) is 0 Å². The molecular formula is C11H17NS. The molecule has 0 heterocycles. The normalized spacial score (nSPS) is 10.1. The van der Waals surface area contributed by atoms with Crippen LogP contribution in [0.25, 0.3) is 0 Å². The number of para-hydroxylation sites is 1. The van der Waals surface area contributed by atoms with E-state index in [1.165, 1.54) is 22.8 Å². The monoisotopic (exact) mass is 195 g/mol. The molecule has 0 atom stereocenters. The first-order valence-corrected chi connectivity index (χ1v) is 5.63. The van der Waals surface area contributed by atoms with Crippen molar-refractivity contribution in [2.75, 3.05) is 24.7 Å². The zero-order valence-corrected chi connectivity index (χ0v) is 9.40. The number of hydrogen-bond acceptors (Lipinski definition) is 2. The van der Waals surface area contributed by atoms with Gasteiger partial charge in [-0.25, -0.2) is 0 Å². The lowest BCUT2D eigenvalue weighted by molar-refractivity contribution is 1.08. The molecule has 0 unspecified atom stereocenters. The maximum absolute atomic E-state index is 2.21. The van der Waals surface area contributed by atoms with Crippen LogP contribution in [0.4, 0.5) is 5.69 Å². The van der Waals surface area contributed by atoms with Gasteiger partial charge in [0.05, 0.1) is 0 Å². The van der Waals surface area contributed by atoms with E-state index in [1.54, 1.807) is 0 Å². The largest absolute Gasteiger partial charge is 0.377 e. The molecule has 1 rings (SSSR count). The molecule has 0 amide bonds. The second kappa shape index (κ2) is 5.18. The zero-order valence-electron chi connectivity index (χ0n) is 8.58. The predicted octanol–water partition coefficient (Wildman–Crippen LogP) is 3.25. The molecule has 0 aliphatic heterocycles. The molecule has 0 bridgehead atoms. The van der Waals surface area contributed by atoms with Gasteiger partial charge in [-0.05, 0) is 24.3 Å². The van der Waals surface area contributed by atoms with Crippen LogP contribution < -0.4 is 4.90 Å². The minimum Gasteiger partial charge on any atom is -0.377 e. The van der Waals surface area contributed by atoms with Gasteiger partial charge >= 0.3 is 0 Å². The number of benzene rings is 1. The Morgan fingerprint density at radius 2 is 1.92 bits per heavy atom. The summed E-state index contributed by atoms with van der Waals surface area (Å²) in [4.78, 5) is 3.55. The summed E-state index contributed by atoms with van der Waals surface area (Å²) in [6.45, 7) is 2.21. The standard InChI is InChI=1S/C11H17NS/c1-4-9-13-11-8-6-5-7-10(11)12(2)3/h5-8H,4,9H2,1-3H3. The molecule has 0 aliphatic carbocycles. The third kappa shape index (κ3) is 2.96. The minimum absolute atomic E-state index is 1.20. The van der Waals surface area contributed by atoms with Crippen molar-refractivity contribution < 1.29 is 0 Å². The van der Waals surface area contributed by atoms with Crippen LogP contribution in [-0.2, 0) is 0 Å². The fourth-order valence-corrected chi connectivity index (χ4v) is 2.16. The summed E-state index contributed by atoms with van der Waals surface area (Å²) in [5, 5.41) is 0. The lowest BCUT2D eigenvalue weighted by Gasteiger charge is -2.16. The van der Waals surface area contributed by atoms with Gasteiger partial charge in [0.25, 0.3) is 0 Å². The number of anilines is 1. The Hall–Kier alpha value is -0.630. The molecule has 2 heteroatoms. The molecule has 0 aliphatic rings. The Balaban J connectivity index is 2.78. The van der Waals surface area contributed by atoms with Crippen molar-refractivity contribution in [2.24, 2.45) is 0 Å². The smallest absolute Gasteiger partial charge is 0.0499 e. The average molecular weight is 195 g/mol. The van der Waals surface area contributed by atoms with E-state index in [4.69, 9.17) is 0 Å². The van der Waals surface area contributed by atoms with Gasteiger partial charge in [0.15, 0.2) is 0 Å². The highest BCUT2D eigenvalue weighted by atomic mass is 32.2. The van der Waals surface area contributed by atoms with Crippen molar-refractivity contribution in [3.05, 3.63) is 24.3 Å². The predicted molar refractivity (Wildman–Crippen MR) is 61.8 cm³/mol. The van der Waals surface area contributed by atoms with Crippen LogP contribution in [0, 0.1) is 0 Å². The van der Waals surface area contributed by atoms with Gasteiger partial charge in [0, 0.05) is 24.7 Å². The average Bonchev–Trinajstić information content (AvgIpc) is 2.15. The molecule has 0 aromatic heterocycles. The molecule has 0 saturated carbocycles. The number of hydrogen-bond donors (Lipinski definition) is 0. The third-order valence-electron chi connectivity index (χ3n) is 1.81. The Labute approximate surface area is 85.1 Å². The van der Waals surface area contributed by atoms with Gasteiger partial charge in [-0.2, -0.15) is 0 Å². The minimum atomic E-state index is 1.20. The summed E-state index contributed by atoms with van der Waals surface area (Å²) in [5.41, 5.74) is 1.32. The SMILES string of the molecule is CCCSc1ccccc1N(C)C. The highest BCUT2D eigenvalue weighted by Crippen LogP contribution is 2.28. The van der Waals surface area contributed by atoms with Crippen molar-refractivity contribution in [3.8, 4) is 0 Å². The first-order valence-electron chi connectivity index (χ1n) is 4.65. The first-order chi connectivity index (χ1) is 6.25. The highest BCUT2D eigenvalue weighted by molar-refractivity contribution is 7.99. The number of rotatable bonds is 4. The number of nitrogens with zero attached hydrogens (tertiary/aromatic N) is 1. The summed E-state index contributed by atoms with van der Waals surface area (Å²) < 4.78 is 0. The molecule has 1 nitrogen and oxygen atoms in total. The maximum atomic E-state index is 2.21. The Kier molecular flexibility index (Phi) is 4.16. The quantitative estimate of drug-likeness (QED) is 0.678. The zero-order chi connectivity index (χ0) is 9.68. The van der Waals surface area contributed by atoms with Crippen LogP contribution in [0.1, 0.15) is 13.3 Å². The van der Waals surface area contributed by atoms with E-state index in [2.05, 4.69) is 50.2 Å². The molecule has 0 spiro atoms. The fourth-order valence-electron chi connectivity index (χ4n) is 1.16. The van der Waals surface area contributed by atoms with Crippen LogP contribution in [0.2, 0.25) is 0 Å². The Morgan fingerprint density at radius 3 is 2.54 bits per heavy atom. The summed E-state index contributed by atoms with van der Waals surface area (Å²) in [5.74, 6) is 1.20. The molecule has 1 aromatic carbocycles. The van der Waals surface area contributed by atoms with Crippen LogP contribution in [0.5, 0.6) is 0 Å². The second-order valence-electron chi connectivity index (χ2n) is 3.21. The van der Waals surface area contributed by atoms with Gasteiger partial charge in [-0.15, -0.1) is 11.8 Å². The molecule has 0 saturated heterocycles. The topological polar surface area (TPSA) is 3.24 Å². The van der Waals surface area contributed by atoms with E-state index in [9.17, 15) is 0 Å². The molecule has 0 radical (unpaired) electrons. The Bertz CT molecular complexity index is 258. The molecule has 0 N–H and O–H groups in total. The fraction of sp³-hybridized carbons (Fsp3) is 0.455. The van der Waals surface area contributed by atoms with Gasteiger partial charge in [0.1, 0.15) is 0 Å². The van der Waals surface area contributed by atoms with Crippen molar-refractivity contribution in [3.63, 3.8) is 0 Å². The van der Waals surface area contributed by atoms with E-state index >= 15 is 0 Å². The van der Waals surface area contributed by atoms with E-state index in [0.717, 1.165) is 0 Å². The number of thioether (sulfide) groups is 1. The summed E-state index contributed by atoms with van der Waals surface area (Å²) >= 11 is 1.93. The van der Waals surface area contributed by atoms with E-state index in [1.807, 2.05) is 11.8 Å². The third-order valence-corrected chi connectivity index (χ3v) is 3.08. The van der Waals surface area contributed by atoms with Gasteiger partial charge in [0.2, 0.25) is 0 Å². The van der Waals surface area contributed by atoms with Crippen LogP contribution in [0.15, 0.2) is 29.2 Å². The van der Waals surface area contributed by atoms with E-state index in [0.29, 0.717) is 0 Å². The van der Waals surface area contributed by atoms with Crippen LogP contribution in [-0.4, -0.2) is 19.8 Å². The summed E-state index contributed by atoms with van der Waals surface area (Å²) in [7, 11) is 4.18. The van der Waals surface area contributed by atoms with E-state index in [-0.39, 0.29) is 0 Å². The second-order valence-corrected chi connectivity index (χ2v) is 4.35. The molecular weight excluding hydrogens is 178 g/mol. The molecule has 0 fully saturated rings. The van der Waals surface area contributed by atoms with Gasteiger partial charge in [-0.3, -0.25) is 0 Å². The van der Waals surface area contributed by atoms with E-state index < -0.39 is 0 Å². The van der Waals surface area contributed by atoms with Crippen molar-refractivity contribution >= 4 is 17.4 Å². The van der Waals surface area contributed by atoms with Crippen molar-refractivity contribution in [2.45, 2.75) is 18.2 Å². The summed E-state index contributed by atoms with van der Waals surface area (Å²) in [6, 6.07) is 8.55. The molecule has 13 heavy (non-hydrogen) atoms. The van der Waals surface area contributed by atoms with Crippen LogP contribution >= 0.6 is 11.8 Å². The Morgan fingerprint density at radius 1 is 1.23 bits per heavy atom. The maximum Gasteiger partial charge on any atom is 0.0499 e. The van der Waals surface area contributed by atoms with Crippen molar-refractivity contribution in [1.29, 1.82) is 0 Å². The molecule has 72 valence electrons.